The van der Waals surface area contributed by atoms with Crippen molar-refractivity contribution in [3.8, 4) is 0 Å². The molecule has 6 heteroatoms. The summed E-state index contributed by atoms with van der Waals surface area (Å²) in [6.45, 7) is 3.06. The van der Waals surface area contributed by atoms with Gasteiger partial charge in [0.2, 0.25) is 10.0 Å². The van der Waals surface area contributed by atoms with E-state index < -0.39 is 10.0 Å². The molecule has 0 aliphatic carbocycles. The van der Waals surface area contributed by atoms with Gasteiger partial charge in [-0.3, -0.25) is 0 Å². The Morgan fingerprint density at radius 3 is 2.83 bits per heavy atom. The van der Waals surface area contributed by atoms with Crippen LogP contribution in [0.25, 0.3) is 0 Å². The van der Waals surface area contributed by atoms with E-state index in [9.17, 15) is 8.42 Å². The van der Waals surface area contributed by atoms with Crippen LogP contribution in [0.1, 0.15) is 24.4 Å². The number of aryl methyl sites for hydroxylation is 1. The summed E-state index contributed by atoms with van der Waals surface area (Å²) in [5.41, 5.74) is 0. The van der Waals surface area contributed by atoms with Gasteiger partial charge in [-0.05, 0) is 38.4 Å². The molecule has 0 bridgehead atoms. The van der Waals surface area contributed by atoms with Crippen LogP contribution in [0.2, 0.25) is 0 Å². The molecule has 1 saturated heterocycles. The topological polar surface area (TPSA) is 62.6 Å². The number of hydrogen-bond acceptors (Lipinski definition) is 4. The highest BCUT2D eigenvalue weighted by molar-refractivity contribution is 7.89. The maximum absolute atomic E-state index is 12.1. The smallest absolute Gasteiger partial charge is 0.215 e. The van der Waals surface area contributed by atoms with Crippen LogP contribution in [-0.4, -0.2) is 38.1 Å². The van der Waals surface area contributed by atoms with Crippen LogP contribution < -0.4 is 5.32 Å². The van der Waals surface area contributed by atoms with Crippen molar-refractivity contribution >= 4 is 10.0 Å². The van der Waals surface area contributed by atoms with E-state index in [2.05, 4.69) is 5.32 Å². The third kappa shape index (κ3) is 3.34. The van der Waals surface area contributed by atoms with E-state index in [4.69, 9.17) is 4.42 Å². The predicted molar refractivity (Wildman–Crippen MR) is 69.7 cm³/mol. The highest BCUT2D eigenvalue weighted by Gasteiger charge is 2.26. The fourth-order valence-electron chi connectivity index (χ4n) is 2.17. The second-order valence-electron chi connectivity index (χ2n) is 4.84. The van der Waals surface area contributed by atoms with Gasteiger partial charge >= 0.3 is 0 Å². The zero-order chi connectivity index (χ0) is 13.2. The summed E-state index contributed by atoms with van der Waals surface area (Å²) in [5.74, 6) is 1.65. The number of nitrogens with one attached hydrogen (secondary N) is 1. The standard InChI is InChI=1S/C12H20N2O3S/c1-10-5-6-12(17-10)8-14(2)18(15,16)9-11-4-3-7-13-11/h5-6,11,13H,3-4,7-9H2,1-2H3. The zero-order valence-electron chi connectivity index (χ0n) is 10.8. The lowest BCUT2D eigenvalue weighted by Gasteiger charge is -2.18. The minimum Gasteiger partial charge on any atom is -0.465 e. The molecule has 1 aliphatic heterocycles. The summed E-state index contributed by atoms with van der Waals surface area (Å²) >= 11 is 0. The Morgan fingerprint density at radius 2 is 2.28 bits per heavy atom. The number of hydrogen-bond donors (Lipinski definition) is 1. The van der Waals surface area contributed by atoms with E-state index in [1.54, 1.807) is 7.05 Å². The molecule has 0 radical (unpaired) electrons. The molecule has 1 unspecified atom stereocenters. The third-order valence-corrected chi connectivity index (χ3v) is 5.13. The van der Waals surface area contributed by atoms with Crippen LogP contribution >= 0.6 is 0 Å². The monoisotopic (exact) mass is 272 g/mol. The Kier molecular flexibility index (Phi) is 4.09. The summed E-state index contributed by atoms with van der Waals surface area (Å²) in [7, 11) is -1.62. The number of furan rings is 1. The van der Waals surface area contributed by atoms with Crippen molar-refractivity contribution in [2.24, 2.45) is 0 Å². The summed E-state index contributed by atoms with van der Waals surface area (Å²) in [5, 5.41) is 3.21. The van der Waals surface area contributed by atoms with E-state index in [-0.39, 0.29) is 11.8 Å². The van der Waals surface area contributed by atoms with Crippen molar-refractivity contribution in [1.29, 1.82) is 0 Å². The normalized spacial score (nSPS) is 20.7. The first-order valence-corrected chi connectivity index (χ1v) is 7.81. The van der Waals surface area contributed by atoms with Gasteiger partial charge in [-0.25, -0.2) is 8.42 Å². The lowest BCUT2D eigenvalue weighted by Crippen LogP contribution is -2.37. The van der Waals surface area contributed by atoms with Crippen molar-refractivity contribution in [3.05, 3.63) is 23.7 Å². The van der Waals surface area contributed by atoms with Gasteiger partial charge in [-0.1, -0.05) is 0 Å². The Balaban J connectivity index is 1.96. The van der Waals surface area contributed by atoms with Crippen molar-refractivity contribution in [3.63, 3.8) is 0 Å². The van der Waals surface area contributed by atoms with Gasteiger partial charge in [0.1, 0.15) is 11.5 Å². The zero-order valence-corrected chi connectivity index (χ0v) is 11.7. The lowest BCUT2D eigenvalue weighted by molar-refractivity contribution is 0.395. The van der Waals surface area contributed by atoms with Gasteiger partial charge in [0.25, 0.3) is 0 Å². The first kappa shape index (κ1) is 13.6. The average molecular weight is 272 g/mol. The van der Waals surface area contributed by atoms with Gasteiger partial charge in [-0.2, -0.15) is 4.31 Å². The molecular formula is C12H20N2O3S. The van der Waals surface area contributed by atoms with Gasteiger partial charge < -0.3 is 9.73 Å². The van der Waals surface area contributed by atoms with Crippen LogP contribution in [-0.2, 0) is 16.6 Å². The first-order valence-electron chi connectivity index (χ1n) is 6.20. The molecule has 2 rings (SSSR count). The Bertz CT molecular complexity index is 489. The quantitative estimate of drug-likeness (QED) is 0.872. The molecule has 1 aliphatic rings. The van der Waals surface area contributed by atoms with Crippen LogP contribution in [0, 0.1) is 6.92 Å². The molecule has 1 aromatic heterocycles. The maximum Gasteiger partial charge on any atom is 0.215 e. The second-order valence-corrected chi connectivity index (χ2v) is 6.96. The molecule has 18 heavy (non-hydrogen) atoms. The molecule has 0 saturated carbocycles. The molecule has 1 aromatic rings. The average Bonchev–Trinajstić information content (AvgIpc) is 2.90. The van der Waals surface area contributed by atoms with Crippen molar-refractivity contribution < 1.29 is 12.8 Å². The molecule has 102 valence electrons. The highest BCUT2D eigenvalue weighted by atomic mass is 32.2. The molecule has 1 fully saturated rings. The van der Waals surface area contributed by atoms with E-state index in [0.717, 1.165) is 25.1 Å². The molecule has 0 amide bonds. The fourth-order valence-corrected chi connectivity index (χ4v) is 3.54. The van der Waals surface area contributed by atoms with Gasteiger partial charge in [0, 0.05) is 13.1 Å². The summed E-state index contributed by atoms with van der Waals surface area (Å²) in [6, 6.07) is 3.75. The second kappa shape index (κ2) is 5.42. The molecule has 2 heterocycles. The van der Waals surface area contributed by atoms with Gasteiger partial charge in [0.15, 0.2) is 0 Å². The van der Waals surface area contributed by atoms with Crippen molar-refractivity contribution in [1.82, 2.24) is 9.62 Å². The Morgan fingerprint density at radius 1 is 1.50 bits per heavy atom. The third-order valence-electron chi connectivity index (χ3n) is 3.22. The number of rotatable bonds is 5. The van der Waals surface area contributed by atoms with E-state index in [0.29, 0.717) is 12.3 Å². The lowest BCUT2D eigenvalue weighted by atomic mass is 10.3. The van der Waals surface area contributed by atoms with Gasteiger partial charge in [0.05, 0.1) is 12.3 Å². The van der Waals surface area contributed by atoms with Gasteiger partial charge in [-0.15, -0.1) is 0 Å². The Hall–Kier alpha value is -0.850. The van der Waals surface area contributed by atoms with Crippen LogP contribution in [0.4, 0.5) is 0 Å². The minimum atomic E-state index is -3.22. The predicted octanol–water partition coefficient (Wildman–Crippen LogP) is 1.10. The van der Waals surface area contributed by atoms with Crippen molar-refractivity contribution in [2.45, 2.75) is 32.4 Å². The number of nitrogens with zero attached hydrogens (tertiary/aromatic N) is 1. The summed E-state index contributed by atoms with van der Waals surface area (Å²) < 4.78 is 31.0. The first-order chi connectivity index (χ1) is 8.47. The largest absolute Gasteiger partial charge is 0.465 e. The minimum absolute atomic E-state index is 0.0933. The highest BCUT2D eigenvalue weighted by Crippen LogP contribution is 2.14. The van der Waals surface area contributed by atoms with Crippen LogP contribution in [0.3, 0.4) is 0 Å². The SMILES string of the molecule is Cc1ccc(CN(C)S(=O)(=O)CC2CCCN2)o1. The van der Waals surface area contributed by atoms with E-state index >= 15 is 0 Å². The van der Waals surface area contributed by atoms with Crippen LogP contribution in [0.5, 0.6) is 0 Å². The maximum atomic E-state index is 12.1. The molecule has 0 aromatic carbocycles. The fraction of sp³-hybridized carbons (Fsp3) is 0.667. The summed E-state index contributed by atoms with van der Waals surface area (Å²) in [4.78, 5) is 0. The molecule has 0 spiro atoms. The molecule has 1 atom stereocenters. The van der Waals surface area contributed by atoms with Crippen molar-refractivity contribution in [2.75, 3.05) is 19.3 Å². The Labute approximate surface area is 108 Å². The van der Waals surface area contributed by atoms with E-state index in [1.165, 1.54) is 4.31 Å². The molecule has 1 N–H and O–H groups in total. The molecule has 5 nitrogen and oxygen atoms in total. The summed E-state index contributed by atoms with van der Waals surface area (Å²) in [6.07, 6.45) is 1.99. The molecular weight excluding hydrogens is 252 g/mol. The van der Waals surface area contributed by atoms with E-state index in [1.807, 2.05) is 19.1 Å². The van der Waals surface area contributed by atoms with Crippen LogP contribution in [0.15, 0.2) is 16.5 Å². The number of sulfonamides is 1.